The van der Waals surface area contributed by atoms with Crippen molar-refractivity contribution in [3.8, 4) is 0 Å². The van der Waals surface area contributed by atoms with Crippen LogP contribution in [0.15, 0.2) is 15.8 Å². The summed E-state index contributed by atoms with van der Waals surface area (Å²) in [4.78, 5) is 61.4. The lowest BCUT2D eigenvalue weighted by atomic mass is 10.2. The van der Waals surface area contributed by atoms with Gasteiger partial charge in [0.2, 0.25) is 0 Å². The maximum absolute atomic E-state index is 11.9. The summed E-state index contributed by atoms with van der Waals surface area (Å²) in [5.41, 5.74) is -1.22. The predicted molar refractivity (Wildman–Crippen MR) is 94.2 cm³/mol. The van der Waals surface area contributed by atoms with Crippen molar-refractivity contribution < 1.29 is 51.9 Å². The molecule has 0 bridgehead atoms. The third-order valence-electron chi connectivity index (χ3n) is 3.66. The van der Waals surface area contributed by atoms with Crippen LogP contribution in [0.25, 0.3) is 0 Å². The zero-order chi connectivity index (χ0) is 22.2. The van der Waals surface area contributed by atoms with Gasteiger partial charge in [-0.2, -0.15) is 0 Å². The van der Waals surface area contributed by atoms with Gasteiger partial charge in [-0.1, -0.05) is 0 Å². The molecule has 0 amide bonds. The molecular weight excluding hydrogens is 461 g/mol. The molecule has 1 saturated heterocycles. The van der Waals surface area contributed by atoms with Crippen molar-refractivity contribution in [1.82, 2.24) is 9.55 Å². The Balaban J connectivity index is 2.03. The lowest BCUT2D eigenvalue weighted by Gasteiger charge is -2.20. The summed E-state index contributed by atoms with van der Waals surface area (Å²) in [6, 6.07) is 0. The van der Waals surface area contributed by atoms with E-state index in [0.29, 0.717) is 0 Å². The molecule has 2 rings (SSSR count). The quantitative estimate of drug-likeness (QED) is 0.244. The van der Waals surface area contributed by atoms with E-state index in [1.54, 1.807) is 0 Å². The molecule has 0 aromatic carbocycles. The number of aliphatic hydroxyl groups excluding tert-OH is 1. The number of ether oxygens (including phenoxy) is 1. The molecule has 0 radical (unpaired) electrons. The number of nitrogens with one attached hydrogen (secondary N) is 1. The number of aliphatic hydroxyl groups is 1. The van der Waals surface area contributed by atoms with Crippen LogP contribution in [0.4, 0.5) is 0 Å². The van der Waals surface area contributed by atoms with E-state index in [0.717, 1.165) is 4.57 Å². The average molecular weight is 480 g/mol. The Hall–Kier alpha value is -0.950. The fourth-order valence-electron chi connectivity index (χ4n) is 2.45. The third-order valence-corrected chi connectivity index (χ3v) is 8.88. The summed E-state index contributed by atoms with van der Waals surface area (Å²) in [7, 11) is -15.5. The molecular formula is C11H19N2O13P3. The van der Waals surface area contributed by atoms with E-state index in [1.165, 1.54) is 13.1 Å². The van der Waals surface area contributed by atoms with Crippen molar-refractivity contribution in [2.24, 2.45) is 0 Å². The molecule has 0 spiro atoms. The van der Waals surface area contributed by atoms with Crippen LogP contribution in [0.3, 0.4) is 0 Å². The number of hydrogen-bond donors (Lipinski definition) is 6. The molecule has 6 N–H and O–H groups in total. The number of aromatic nitrogens is 2. The van der Waals surface area contributed by atoms with E-state index in [4.69, 9.17) is 14.5 Å². The minimum Gasteiger partial charge on any atom is -0.390 e. The lowest BCUT2D eigenvalue weighted by Crippen LogP contribution is -2.33. The molecule has 0 aliphatic carbocycles. The maximum Gasteiger partial charge on any atom is 0.479 e. The van der Waals surface area contributed by atoms with Crippen LogP contribution in [0, 0.1) is 6.92 Å². The van der Waals surface area contributed by atoms with Crippen LogP contribution in [0.1, 0.15) is 18.2 Å². The van der Waals surface area contributed by atoms with Gasteiger partial charge in [-0.3, -0.25) is 28.0 Å². The standard InChI is InChI=1S/C11H19N2O13P3/c1-6-3-13(11(16)12-10(6)15)9-2-7(14)8(25-9)4-24-29(22,23)26-28(20,21)5-27(17,18)19/h3,7-9,14H,2,4-5H2,1H3,(H,20,21)(H,22,23)(H,12,15,16)(H2,17,18,19). The molecule has 1 aliphatic heterocycles. The van der Waals surface area contributed by atoms with Gasteiger partial charge in [0.1, 0.15) is 12.3 Å². The summed E-state index contributed by atoms with van der Waals surface area (Å²) in [5, 5.41) is 10.0. The van der Waals surface area contributed by atoms with Crippen LogP contribution in [0.2, 0.25) is 0 Å². The van der Waals surface area contributed by atoms with Crippen molar-refractivity contribution in [2.45, 2.75) is 31.8 Å². The molecule has 1 aliphatic rings. The van der Waals surface area contributed by atoms with Crippen LogP contribution >= 0.6 is 23.0 Å². The van der Waals surface area contributed by atoms with Crippen LogP contribution < -0.4 is 11.2 Å². The number of aryl methyl sites for hydroxylation is 1. The second-order valence-electron chi connectivity index (χ2n) is 6.20. The minimum atomic E-state index is -5.26. The van der Waals surface area contributed by atoms with E-state index in [-0.39, 0.29) is 12.0 Å². The average Bonchev–Trinajstić information content (AvgIpc) is 2.86. The Labute approximate surface area is 162 Å². The van der Waals surface area contributed by atoms with Crippen molar-refractivity contribution in [3.63, 3.8) is 0 Å². The number of nitrogens with zero attached hydrogens (tertiary/aromatic N) is 1. The Morgan fingerprint density at radius 3 is 2.45 bits per heavy atom. The molecule has 2 heterocycles. The molecule has 5 unspecified atom stereocenters. The molecule has 1 aromatic rings. The van der Waals surface area contributed by atoms with E-state index in [1.807, 2.05) is 4.98 Å². The Morgan fingerprint density at radius 2 is 1.86 bits per heavy atom. The summed E-state index contributed by atoms with van der Waals surface area (Å²) in [5.74, 6) is -1.70. The third kappa shape index (κ3) is 7.06. The fraction of sp³-hybridized carbons (Fsp3) is 0.636. The number of phosphoric acid groups is 1. The van der Waals surface area contributed by atoms with Crippen LogP contribution in [0.5, 0.6) is 0 Å². The van der Waals surface area contributed by atoms with Gasteiger partial charge in [-0.05, 0) is 6.92 Å². The van der Waals surface area contributed by atoms with Crippen molar-refractivity contribution >= 4 is 23.0 Å². The minimum absolute atomic E-state index is 0.146. The van der Waals surface area contributed by atoms with Gasteiger partial charge >= 0.3 is 28.7 Å². The zero-order valence-electron chi connectivity index (χ0n) is 14.7. The number of rotatable bonds is 8. The number of phosphoric ester groups is 1. The first-order chi connectivity index (χ1) is 13.1. The van der Waals surface area contributed by atoms with E-state index in [2.05, 4.69) is 8.83 Å². The highest BCUT2D eigenvalue weighted by atomic mass is 31.3. The second-order valence-corrected chi connectivity index (χ2v) is 11.8. The molecule has 1 fully saturated rings. The summed E-state index contributed by atoms with van der Waals surface area (Å²) >= 11 is 0. The number of aromatic amines is 1. The monoisotopic (exact) mass is 480 g/mol. The Kier molecular flexibility index (Phi) is 7.26. The van der Waals surface area contributed by atoms with Gasteiger partial charge in [-0.15, -0.1) is 0 Å². The SMILES string of the molecule is Cc1cn(C2CC(O)C(COP(=O)(O)OP(=O)(O)CP(=O)(O)O)O2)c(=O)[nH]c1=O. The molecule has 18 heteroatoms. The summed E-state index contributed by atoms with van der Waals surface area (Å²) in [6.45, 7) is 0.614. The molecule has 0 saturated carbocycles. The second kappa shape index (κ2) is 8.66. The molecule has 5 atom stereocenters. The molecule has 166 valence electrons. The molecule has 29 heavy (non-hydrogen) atoms. The fourth-order valence-corrected chi connectivity index (χ4v) is 6.79. The number of H-pyrrole nitrogens is 1. The van der Waals surface area contributed by atoms with Crippen LogP contribution in [-0.4, -0.2) is 58.9 Å². The first-order valence-corrected chi connectivity index (χ1v) is 12.8. The highest BCUT2D eigenvalue weighted by Crippen LogP contribution is 2.65. The van der Waals surface area contributed by atoms with E-state index in [9.17, 15) is 38.2 Å². The van der Waals surface area contributed by atoms with Crippen molar-refractivity contribution in [3.05, 3.63) is 32.6 Å². The van der Waals surface area contributed by atoms with Gasteiger partial charge in [0.15, 0.2) is 5.90 Å². The Bertz CT molecular complexity index is 1010. The van der Waals surface area contributed by atoms with Crippen molar-refractivity contribution in [1.29, 1.82) is 0 Å². The van der Waals surface area contributed by atoms with Crippen molar-refractivity contribution in [2.75, 3.05) is 12.5 Å². The maximum atomic E-state index is 11.9. The molecule has 15 nitrogen and oxygen atoms in total. The van der Waals surface area contributed by atoms with Gasteiger partial charge < -0.3 is 29.4 Å². The normalized spacial score (nSPS) is 26.8. The zero-order valence-corrected chi connectivity index (χ0v) is 17.4. The van der Waals surface area contributed by atoms with Crippen LogP contribution in [-0.2, 0) is 27.3 Å². The van der Waals surface area contributed by atoms with E-state index < -0.39 is 65.2 Å². The van der Waals surface area contributed by atoms with Gasteiger partial charge in [0, 0.05) is 18.2 Å². The first-order valence-electron chi connectivity index (χ1n) is 7.79. The highest BCUT2D eigenvalue weighted by molar-refractivity contribution is 7.73. The van der Waals surface area contributed by atoms with Gasteiger partial charge in [0.25, 0.3) is 5.56 Å². The van der Waals surface area contributed by atoms with E-state index >= 15 is 0 Å². The highest BCUT2D eigenvalue weighted by Gasteiger charge is 2.41. The number of hydrogen-bond acceptors (Lipinski definition) is 9. The largest absolute Gasteiger partial charge is 0.479 e. The summed E-state index contributed by atoms with van der Waals surface area (Å²) < 4.78 is 48.8. The smallest absolute Gasteiger partial charge is 0.390 e. The topological polar surface area (TPSA) is 235 Å². The van der Waals surface area contributed by atoms with Gasteiger partial charge in [-0.25, -0.2) is 13.7 Å². The molecule has 1 aromatic heterocycles. The predicted octanol–water partition coefficient (Wildman–Crippen LogP) is -1.05. The first kappa shape index (κ1) is 24.3. The van der Waals surface area contributed by atoms with Gasteiger partial charge in [0.05, 0.1) is 12.7 Å². The summed E-state index contributed by atoms with van der Waals surface area (Å²) in [6.07, 6.45) is -2.53. The Morgan fingerprint density at radius 1 is 1.24 bits per heavy atom. The lowest BCUT2D eigenvalue weighted by molar-refractivity contribution is -0.0448.